The van der Waals surface area contributed by atoms with E-state index in [1.54, 1.807) is 11.5 Å². The number of carbonyl (C=O) groups excluding carboxylic acids is 4. The molecule has 3 atom stereocenters. The van der Waals surface area contributed by atoms with Crippen molar-refractivity contribution in [1.82, 2.24) is 25.1 Å². The molecule has 8 N–H and O–H groups in total. The van der Waals surface area contributed by atoms with Gasteiger partial charge in [0.05, 0.1) is 55.2 Å². The number of aromatic hydroxyl groups is 2. The van der Waals surface area contributed by atoms with Crippen LogP contribution in [0.15, 0.2) is 44.9 Å². The number of amides is 3. The molecule has 0 saturated carbocycles. The first kappa shape index (κ1) is 41.4. The minimum atomic E-state index is -1.96. The third kappa shape index (κ3) is 8.13. The number of aliphatic carboxylic acids is 3. The number of likely N-dealkylation sites (tertiary alicyclic amines) is 1. The van der Waals surface area contributed by atoms with E-state index < -0.39 is 82.2 Å². The largest absolute Gasteiger partial charge is 0.543 e. The Balaban J connectivity index is 1.16. The van der Waals surface area contributed by atoms with Crippen molar-refractivity contribution in [3.63, 3.8) is 0 Å². The second-order valence-corrected chi connectivity index (χ2v) is 15.8. The van der Waals surface area contributed by atoms with Gasteiger partial charge in [-0.05, 0) is 19.1 Å². The van der Waals surface area contributed by atoms with Crippen LogP contribution < -0.4 is 26.9 Å². The smallest absolute Gasteiger partial charge is 0.348 e. The van der Waals surface area contributed by atoms with Gasteiger partial charge in [0.25, 0.3) is 17.7 Å². The van der Waals surface area contributed by atoms with Crippen molar-refractivity contribution >= 4 is 80.5 Å². The molecule has 3 aliphatic heterocycles. The zero-order chi connectivity index (χ0) is 42.1. The highest BCUT2D eigenvalue weighted by Crippen LogP contribution is 2.41. The number of oxime groups is 1. The van der Waals surface area contributed by atoms with Crippen LogP contribution in [0, 0.1) is 0 Å². The monoisotopic (exact) mass is 842 g/mol. The van der Waals surface area contributed by atoms with Gasteiger partial charge in [-0.1, -0.05) is 5.16 Å². The van der Waals surface area contributed by atoms with E-state index in [2.05, 4.69) is 20.8 Å². The van der Waals surface area contributed by atoms with Crippen molar-refractivity contribution in [3.05, 3.63) is 56.5 Å². The van der Waals surface area contributed by atoms with Crippen LogP contribution >= 0.6 is 23.1 Å². The fraction of sp³-hybridized carbons (Fsp3) is 0.400. The molecule has 21 nitrogen and oxygen atoms in total. The lowest BCUT2D eigenvalue weighted by Crippen LogP contribution is -2.72. The van der Waals surface area contributed by atoms with Gasteiger partial charge in [-0.3, -0.25) is 28.9 Å². The first-order valence-electron chi connectivity index (χ1n) is 17.9. The van der Waals surface area contributed by atoms with Gasteiger partial charge in [0, 0.05) is 42.3 Å². The van der Waals surface area contributed by atoms with Crippen LogP contribution in [0.4, 0.5) is 5.13 Å². The molecule has 2 fully saturated rings. The molecule has 0 aliphatic carbocycles. The van der Waals surface area contributed by atoms with E-state index in [0.717, 1.165) is 29.1 Å². The van der Waals surface area contributed by atoms with Gasteiger partial charge in [0.2, 0.25) is 11.5 Å². The molecule has 3 amide bonds. The van der Waals surface area contributed by atoms with Gasteiger partial charge in [-0.2, -0.15) is 0 Å². The lowest BCUT2D eigenvalue weighted by Gasteiger charge is -2.51. The zero-order valence-electron chi connectivity index (χ0n) is 30.7. The second kappa shape index (κ2) is 16.7. The molecule has 1 aromatic carbocycles. The van der Waals surface area contributed by atoms with Crippen LogP contribution in [0.3, 0.4) is 0 Å². The van der Waals surface area contributed by atoms with Crippen molar-refractivity contribution in [2.75, 3.05) is 44.2 Å². The van der Waals surface area contributed by atoms with E-state index in [9.17, 15) is 54.0 Å². The number of nitrogens with two attached hydrogens (primary N) is 1. The summed E-state index contributed by atoms with van der Waals surface area (Å²) in [7, 11) is 0. The number of hydrogen-bond acceptors (Lipinski definition) is 16. The number of quaternary nitrogens is 1. The molecule has 2 saturated heterocycles. The Morgan fingerprint density at radius 2 is 1.88 bits per heavy atom. The Kier molecular flexibility index (Phi) is 11.9. The van der Waals surface area contributed by atoms with Crippen LogP contribution in [0.1, 0.15) is 42.2 Å². The predicted molar refractivity (Wildman–Crippen MR) is 203 cm³/mol. The lowest BCUT2D eigenvalue weighted by molar-refractivity contribution is -0.911. The Bertz CT molecular complexity index is 2330. The molecule has 308 valence electrons. The van der Waals surface area contributed by atoms with Gasteiger partial charge < -0.3 is 60.6 Å². The Labute approximate surface area is 336 Å². The van der Waals surface area contributed by atoms with E-state index in [1.807, 2.05) is 0 Å². The summed E-state index contributed by atoms with van der Waals surface area (Å²) in [5, 5.41) is 60.5. The third-order valence-corrected chi connectivity index (χ3v) is 12.1. The molecule has 23 heteroatoms. The molecule has 0 bridgehead atoms. The van der Waals surface area contributed by atoms with Crippen molar-refractivity contribution in [1.29, 1.82) is 0 Å². The molecule has 6 rings (SSSR count). The quantitative estimate of drug-likeness (QED) is 0.0286. The normalized spacial score (nSPS) is 19.3. The number of carboxylic acids is 3. The maximum absolute atomic E-state index is 13.5. The number of phenols is 2. The number of aryl methyl sites for hydroxylation is 1. The first-order valence-corrected chi connectivity index (χ1v) is 19.8. The van der Waals surface area contributed by atoms with Gasteiger partial charge in [-0.25, -0.2) is 9.78 Å². The number of β-lactam (4-membered cyclic amide) rings is 1. The van der Waals surface area contributed by atoms with Crippen LogP contribution in [-0.2, 0) is 35.4 Å². The third-order valence-electron chi connectivity index (χ3n) is 10.1. The maximum Gasteiger partial charge on any atom is 0.348 e. The fourth-order valence-electron chi connectivity index (χ4n) is 7.30. The SMILES string of the molecule is CCn1cc(C(=O)NCC[N+]2(CC3=C(C(=O)[O-])N4C(=O)[C@@H](NC(=O)/C(=N\O[C@@H](CC(=O)O)C(=O)O)c5csc(N)n5)[C@H]4SC3)CCCC2)c(=O)c2c(O)c(O)ccc21. The molecular formula is C35H38N8O13S2. The van der Waals surface area contributed by atoms with Crippen molar-refractivity contribution in [2.24, 2.45) is 5.16 Å². The molecule has 3 aliphatic rings. The summed E-state index contributed by atoms with van der Waals surface area (Å²) in [6, 6.07) is 1.47. The average Bonchev–Trinajstić information content (AvgIpc) is 3.83. The minimum Gasteiger partial charge on any atom is -0.543 e. The summed E-state index contributed by atoms with van der Waals surface area (Å²) in [4.78, 5) is 98.8. The topological polar surface area (TPSA) is 316 Å². The fourth-order valence-corrected chi connectivity index (χ4v) is 9.18. The Morgan fingerprint density at radius 1 is 1.16 bits per heavy atom. The van der Waals surface area contributed by atoms with Gasteiger partial charge in [0.15, 0.2) is 22.3 Å². The van der Waals surface area contributed by atoms with E-state index in [1.165, 1.54) is 35.5 Å². The Hall–Kier alpha value is -6.20. The van der Waals surface area contributed by atoms with E-state index in [4.69, 9.17) is 15.7 Å². The number of nitrogen functional groups attached to an aromatic ring is 1. The first-order chi connectivity index (χ1) is 27.6. The van der Waals surface area contributed by atoms with E-state index >= 15 is 0 Å². The summed E-state index contributed by atoms with van der Waals surface area (Å²) >= 11 is 2.11. The minimum absolute atomic E-state index is 0.0101. The van der Waals surface area contributed by atoms with Gasteiger partial charge in [-0.15, -0.1) is 23.1 Å². The number of fused-ring (bicyclic) bond motifs is 2. The van der Waals surface area contributed by atoms with E-state index in [-0.39, 0.29) is 46.3 Å². The van der Waals surface area contributed by atoms with Gasteiger partial charge in [0.1, 0.15) is 29.2 Å². The summed E-state index contributed by atoms with van der Waals surface area (Å²) in [5.41, 5.74) is 4.37. The molecule has 0 unspecified atom stereocenters. The van der Waals surface area contributed by atoms with Crippen LogP contribution in [0.25, 0.3) is 10.9 Å². The number of thioether (sulfide) groups is 1. The van der Waals surface area contributed by atoms with Crippen molar-refractivity contribution in [3.8, 4) is 11.5 Å². The molecular weight excluding hydrogens is 805 g/mol. The Morgan fingerprint density at radius 3 is 2.50 bits per heavy atom. The number of benzene rings is 1. The summed E-state index contributed by atoms with van der Waals surface area (Å²) in [6.45, 7) is 4.05. The number of phenolic OH excluding ortho intramolecular Hbond substituents is 2. The number of rotatable bonds is 16. The second-order valence-electron chi connectivity index (χ2n) is 13.8. The van der Waals surface area contributed by atoms with Crippen molar-refractivity contribution < 1.29 is 63.6 Å². The zero-order valence-corrected chi connectivity index (χ0v) is 32.3. The number of hydrogen-bond donors (Lipinski definition) is 7. The highest BCUT2D eigenvalue weighted by atomic mass is 32.2. The summed E-state index contributed by atoms with van der Waals surface area (Å²) in [6.07, 6.45) is 0.0578. The lowest BCUT2D eigenvalue weighted by atomic mass is 10.0. The van der Waals surface area contributed by atoms with Crippen LogP contribution in [-0.4, -0.2) is 137 Å². The number of nitrogens with one attached hydrogen (secondary N) is 2. The van der Waals surface area contributed by atoms with Crippen LogP contribution in [0.5, 0.6) is 11.5 Å². The molecule has 3 aromatic rings. The maximum atomic E-state index is 13.5. The van der Waals surface area contributed by atoms with Crippen LogP contribution in [0.2, 0.25) is 0 Å². The molecule has 5 heterocycles. The summed E-state index contributed by atoms with van der Waals surface area (Å²) in [5.74, 6) is -8.29. The number of carboxylic acid groups (broad SMARTS) is 3. The highest BCUT2D eigenvalue weighted by Gasteiger charge is 2.54. The molecule has 2 aromatic heterocycles. The molecule has 58 heavy (non-hydrogen) atoms. The number of thiazole rings is 1. The van der Waals surface area contributed by atoms with E-state index in [0.29, 0.717) is 41.8 Å². The predicted octanol–water partition coefficient (Wildman–Crippen LogP) is -1.44. The summed E-state index contributed by atoms with van der Waals surface area (Å²) < 4.78 is 1.97. The number of carbonyl (C=O) groups is 6. The van der Waals surface area contributed by atoms with Gasteiger partial charge >= 0.3 is 11.9 Å². The van der Waals surface area contributed by atoms with Crippen molar-refractivity contribution in [2.45, 2.75) is 50.3 Å². The molecule has 0 spiro atoms. The average molecular weight is 843 g/mol. The standard InChI is InChI=1S/C35H38N8O13S2/c1-2-41-12-17(27(47)23-19(41)5-6-20(44)28(23)48)29(49)37-7-10-43(8-3-4-9-43)13-16-14-57-32-25(31(51)42(32)26(16)34(54)55)39-30(50)24(18-15-58-35(36)38-18)40-56-21(33(52)53)11-22(45)46/h5-6,12,15,21,25,32H,2-4,7-11,13-14H2,1H3,(H8-,36,37,38,39,40,44,45,46,47,48,49,50,52,53,54,55)/t21-,25+,32+/m0/s1. The number of aromatic nitrogens is 2. The number of anilines is 1. The number of pyridine rings is 1. The number of nitrogens with zero attached hydrogens (tertiary/aromatic N) is 5. The highest BCUT2D eigenvalue weighted by molar-refractivity contribution is 8.00. The molecule has 0 radical (unpaired) electrons.